The van der Waals surface area contributed by atoms with E-state index in [0.717, 1.165) is 0 Å². The highest BCUT2D eigenvalue weighted by atomic mass is 32.2. The number of carbonyl (C=O) groups excluding carboxylic acids is 1. The number of piperazine rings is 1. The molecule has 1 unspecified atom stereocenters. The number of nitrogens with one attached hydrogen (secondary N) is 1. The lowest BCUT2D eigenvalue weighted by Gasteiger charge is -2.36. The summed E-state index contributed by atoms with van der Waals surface area (Å²) in [7, 11) is -2.01. The summed E-state index contributed by atoms with van der Waals surface area (Å²) in [6.07, 6.45) is 0.483. The zero-order valence-corrected chi connectivity index (χ0v) is 11.6. The van der Waals surface area contributed by atoms with Crippen LogP contribution in [-0.2, 0) is 15.0 Å². The van der Waals surface area contributed by atoms with Crippen LogP contribution in [-0.4, -0.2) is 55.2 Å². The molecular weight excluding hydrogens is 242 g/mol. The second-order valence-corrected chi connectivity index (χ2v) is 6.38. The van der Waals surface area contributed by atoms with E-state index in [2.05, 4.69) is 5.32 Å². The van der Waals surface area contributed by atoms with Crippen LogP contribution in [0.5, 0.6) is 0 Å². The van der Waals surface area contributed by atoms with E-state index in [-0.39, 0.29) is 11.9 Å². The van der Waals surface area contributed by atoms with Gasteiger partial charge in [0.25, 0.3) is 10.2 Å². The molecule has 1 rings (SSSR count). The summed E-state index contributed by atoms with van der Waals surface area (Å²) in [6.45, 7) is 6.14. The third-order valence-corrected chi connectivity index (χ3v) is 5.24. The highest BCUT2D eigenvalue weighted by Gasteiger charge is 2.39. The smallest absolute Gasteiger partial charge is 0.282 e. The van der Waals surface area contributed by atoms with Crippen LogP contribution in [0, 0.1) is 0 Å². The van der Waals surface area contributed by atoms with Gasteiger partial charge >= 0.3 is 0 Å². The molecule has 0 aliphatic carbocycles. The van der Waals surface area contributed by atoms with Gasteiger partial charge in [0.2, 0.25) is 5.91 Å². The first-order chi connectivity index (χ1) is 7.82. The zero-order valence-electron chi connectivity index (χ0n) is 10.8. The first-order valence-electron chi connectivity index (χ1n) is 5.84. The van der Waals surface area contributed by atoms with Crippen molar-refractivity contribution in [3.05, 3.63) is 0 Å². The van der Waals surface area contributed by atoms with Crippen molar-refractivity contribution in [1.82, 2.24) is 13.9 Å². The average Bonchev–Trinajstić information content (AvgIpc) is 2.27. The fourth-order valence-electron chi connectivity index (χ4n) is 1.79. The standard InChI is InChI=1S/C10H21N3O3S/c1-5-9-10(14)11-6-7-13(9)17(15,16)12(4)8(2)3/h8-9H,5-7H2,1-4H3,(H,11,14). The van der Waals surface area contributed by atoms with Gasteiger partial charge in [0.05, 0.1) is 0 Å². The van der Waals surface area contributed by atoms with E-state index in [0.29, 0.717) is 19.5 Å². The molecule has 0 aromatic carbocycles. The van der Waals surface area contributed by atoms with Crippen LogP contribution in [0.25, 0.3) is 0 Å². The molecule has 6 nitrogen and oxygen atoms in total. The SMILES string of the molecule is CCC1C(=O)NCCN1S(=O)(=O)N(C)C(C)C. The van der Waals surface area contributed by atoms with E-state index in [1.165, 1.54) is 8.61 Å². The van der Waals surface area contributed by atoms with Crippen molar-refractivity contribution in [1.29, 1.82) is 0 Å². The highest BCUT2D eigenvalue weighted by Crippen LogP contribution is 2.17. The van der Waals surface area contributed by atoms with Gasteiger partial charge in [-0.1, -0.05) is 6.92 Å². The number of rotatable bonds is 4. The largest absolute Gasteiger partial charge is 0.353 e. The third kappa shape index (κ3) is 2.78. The monoisotopic (exact) mass is 263 g/mol. The first kappa shape index (κ1) is 14.4. The predicted molar refractivity (Wildman–Crippen MR) is 65.6 cm³/mol. The first-order valence-corrected chi connectivity index (χ1v) is 7.24. The molecule has 1 N–H and O–H groups in total. The minimum absolute atomic E-state index is 0.123. The lowest BCUT2D eigenvalue weighted by molar-refractivity contribution is -0.126. The van der Waals surface area contributed by atoms with Crippen molar-refractivity contribution in [3.8, 4) is 0 Å². The highest BCUT2D eigenvalue weighted by molar-refractivity contribution is 7.86. The van der Waals surface area contributed by atoms with Crippen LogP contribution in [0.4, 0.5) is 0 Å². The molecule has 0 bridgehead atoms. The van der Waals surface area contributed by atoms with Gasteiger partial charge in [-0.25, -0.2) is 0 Å². The molecule has 0 spiro atoms. The average molecular weight is 263 g/mol. The molecule has 1 aliphatic rings. The van der Waals surface area contributed by atoms with Crippen LogP contribution >= 0.6 is 0 Å². The van der Waals surface area contributed by atoms with Crippen LogP contribution in [0.3, 0.4) is 0 Å². The Morgan fingerprint density at radius 1 is 1.53 bits per heavy atom. The van der Waals surface area contributed by atoms with E-state index < -0.39 is 16.3 Å². The van der Waals surface area contributed by atoms with Crippen LogP contribution in [0.1, 0.15) is 27.2 Å². The quantitative estimate of drug-likeness (QED) is 0.762. The molecule has 1 amide bonds. The fourth-order valence-corrected chi connectivity index (χ4v) is 3.54. The van der Waals surface area contributed by atoms with Gasteiger partial charge in [0, 0.05) is 26.2 Å². The lowest BCUT2D eigenvalue weighted by atomic mass is 10.2. The van der Waals surface area contributed by atoms with Crippen molar-refractivity contribution < 1.29 is 13.2 Å². The molecule has 1 fully saturated rings. The molecule has 0 aromatic rings. The molecular formula is C10H21N3O3S. The molecule has 17 heavy (non-hydrogen) atoms. The van der Waals surface area contributed by atoms with E-state index in [9.17, 15) is 13.2 Å². The maximum Gasteiger partial charge on any atom is 0.282 e. The molecule has 100 valence electrons. The molecule has 1 heterocycles. The van der Waals surface area contributed by atoms with E-state index >= 15 is 0 Å². The Hall–Kier alpha value is -0.660. The van der Waals surface area contributed by atoms with Crippen molar-refractivity contribution in [2.24, 2.45) is 0 Å². The van der Waals surface area contributed by atoms with E-state index in [4.69, 9.17) is 0 Å². The van der Waals surface area contributed by atoms with Gasteiger partial charge in [-0.15, -0.1) is 0 Å². The van der Waals surface area contributed by atoms with E-state index in [1.54, 1.807) is 7.05 Å². The molecule has 0 radical (unpaired) electrons. The fraction of sp³-hybridized carbons (Fsp3) is 0.900. The predicted octanol–water partition coefficient (Wildman–Crippen LogP) is -0.218. The van der Waals surface area contributed by atoms with Crippen molar-refractivity contribution in [3.63, 3.8) is 0 Å². The summed E-state index contributed by atoms with van der Waals surface area (Å²) in [4.78, 5) is 11.6. The maximum absolute atomic E-state index is 12.3. The maximum atomic E-state index is 12.3. The third-order valence-electron chi connectivity index (χ3n) is 3.06. The number of hydrogen-bond donors (Lipinski definition) is 1. The normalized spacial score (nSPS) is 23.2. The lowest BCUT2D eigenvalue weighted by Crippen LogP contribution is -2.60. The Balaban J connectivity index is 3.00. The molecule has 1 atom stereocenters. The Kier molecular flexibility index (Phi) is 4.51. The molecule has 1 saturated heterocycles. The summed E-state index contributed by atoms with van der Waals surface area (Å²) in [5, 5.41) is 2.69. The number of nitrogens with zero attached hydrogens (tertiary/aromatic N) is 2. The summed E-state index contributed by atoms with van der Waals surface area (Å²) in [5.74, 6) is -0.209. The molecule has 0 aromatic heterocycles. The van der Waals surface area contributed by atoms with Crippen molar-refractivity contribution >= 4 is 16.1 Å². The van der Waals surface area contributed by atoms with E-state index in [1.807, 2.05) is 20.8 Å². The summed E-state index contributed by atoms with van der Waals surface area (Å²) >= 11 is 0. The van der Waals surface area contributed by atoms with Crippen LogP contribution in [0.2, 0.25) is 0 Å². The van der Waals surface area contributed by atoms with Gasteiger partial charge < -0.3 is 5.32 Å². The van der Waals surface area contributed by atoms with Crippen molar-refractivity contribution in [2.75, 3.05) is 20.1 Å². The minimum Gasteiger partial charge on any atom is -0.353 e. The number of hydrogen-bond acceptors (Lipinski definition) is 3. The van der Waals surface area contributed by atoms with Crippen LogP contribution < -0.4 is 5.32 Å². The molecule has 0 saturated carbocycles. The summed E-state index contributed by atoms with van der Waals surface area (Å²) in [5.41, 5.74) is 0. The summed E-state index contributed by atoms with van der Waals surface area (Å²) < 4.78 is 27.2. The molecule has 1 aliphatic heterocycles. The Morgan fingerprint density at radius 2 is 2.12 bits per heavy atom. The van der Waals surface area contributed by atoms with Gasteiger partial charge in [-0.2, -0.15) is 17.0 Å². The van der Waals surface area contributed by atoms with Gasteiger partial charge in [0.1, 0.15) is 6.04 Å². The Bertz CT molecular complexity index is 380. The summed E-state index contributed by atoms with van der Waals surface area (Å²) in [6, 6.07) is -0.711. The second-order valence-electron chi connectivity index (χ2n) is 4.44. The molecule has 7 heteroatoms. The topological polar surface area (TPSA) is 69.7 Å². The number of amides is 1. The second kappa shape index (κ2) is 5.32. The Labute approximate surface area is 103 Å². The zero-order chi connectivity index (χ0) is 13.2. The van der Waals surface area contributed by atoms with Crippen molar-refractivity contribution in [2.45, 2.75) is 39.3 Å². The van der Waals surface area contributed by atoms with Gasteiger partial charge in [-0.05, 0) is 20.3 Å². The number of carbonyl (C=O) groups is 1. The Morgan fingerprint density at radius 3 is 2.59 bits per heavy atom. The van der Waals surface area contributed by atoms with Gasteiger partial charge in [-0.3, -0.25) is 4.79 Å². The minimum atomic E-state index is -3.55. The van der Waals surface area contributed by atoms with Gasteiger partial charge in [0.15, 0.2) is 0 Å². The van der Waals surface area contributed by atoms with Crippen LogP contribution in [0.15, 0.2) is 0 Å².